The summed E-state index contributed by atoms with van der Waals surface area (Å²) in [6.45, 7) is 10.7. The molecule has 0 aliphatic carbocycles. The maximum atomic E-state index is 10.5. The third-order valence-corrected chi connectivity index (χ3v) is 5.65. The monoisotopic (exact) mass is 435 g/mol. The zero-order chi connectivity index (χ0) is 22.9. The highest BCUT2D eigenvalue weighted by molar-refractivity contribution is 5.43. The summed E-state index contributed by atoms with van der Waals surface area (Å²) in [5.41, 5.74) is 4.17. The molecule has 0 saturated carbocycles. The first-order valence-corrected chi connectivity index (χ1v) is 11.8. The van der Waals surface area contributed by atoms with Gasteiger partial charge in [-0.25, -0.2) is 4.68 Å². The molecule has 1 heterocycles. The fourth-order valence-corrected chi connectivity index (χ4v) is 3.89. The van der Waals surface area contributed by atoms with Crippen LogP contribution in [0.4, 0.5) is 0 Å². The Morgan fingerprint density at radius 1 is 1.00 bits per heavy atom. The van der Waals surface area contributed by atoms with E-state index in [2.05, 4.69) is 37.8 Å². The van der Waals surface area contributed by atoms with E-state index < -0.39 is 0 Å². The fraction of sp³-hybridized carbons (Fsp3) is 0.444. The molecule has 1 N–H and O–H groups in total. The molecule has 0 unspecified atom stereocenters. The van der Waals surface area contributed by atoms with E-state index in [1.807, 2.05) is 54.1 Å². The van der Waals surface area contributed by atoms with Gasteiger partial charge in [-0.3, -0.25) is 4.90 Å². The minimum Gasteiger partial charge on any atom is -0.439 e. The third kappa shape index (κ3) is 6.44. The summed E-state index contributed by atoms with van der Waals surface area (Å²) in [4.78, 5) is 2.32. The lowest BCUT2D eigenvalue weighted by Gasteiger charge is -2.25. The van der Waals surface area contributed by atoms with Crippen LogP contribution in [0.5, 0.6) is 11.6 Å². The fourth-order valence-electron chi connectivity index (χ4n) is 3.89. The smallest absolute Gasteiger partial charge is 0.227 e. The number of nitrogens with zero attached hydrogens (tertiary/aromatic N) is 3. The van der Waals surface area contributed by atoms with Gasteiger partial charge in [-0.2, -0.15) is 5.10 Å². The maximum absolute atomic E-state index is 10.5. The van der Waals surface area contributed by atoms with Crippen LogP contribution in [0.3, 0.4) is 0 Å². The summed E-state index contributed by atoms with van der Waals surface area (Å²) >= 11 is 0. The van der Waals surface area contributed by atoms with Gasteiger partial charge in [0.2, 0.25) is 5.88 Å². The summed E-state index contributed by atoms with van der Waals surface area (Å²) in [5, 5.41) is 15.4. The van der Waals surface area contributed by atoms with Gasteiger partial charge in [0.05, 0.1) is 23.0 Å². The predicted molar refractivity (Wildman–Crippen MR) is 131 cm³/mol. The van der Waals surface area contributed by atoms with Crippen LogP contribution < -0.4 is 4.74 Å². The predicted octanol–water partition coefficient (Wildman–Crippen LogP) is 6.04. The first-order valence-electron chi connectivity index (χ1n) is 11.8. The van der Waals surface area contributed by atoms with Crippen molar-refractivity contribution >= 4 is 0 Å². The van der Waals surface area contributed by atoms with Crippen molar-refractivity contribution in [1.29, 1.82) is 0 Å². The number of aromatic nitrogens is 2. The van der Waals surface area contributed by atoms with Crippen molar-refractivity contribution < 1.29 is 9.84 Å². The van der Waals surface area contributed by atoms with E-state index in [1.165, 1.54) is 5.56 Å². The number of aliphatic hydroxyl groups is 1. The van der Waals surface area contributed by atoms with E-state index in [4.69, 9.17) is 9.84 Å². The maximum Gasteiger partial charge on any atom is 0.227 e. The molecule has 0 fully saturated rings. The van der Waals surface area contributed by atoms with Crippen LogP contribution in [0.2, 0.25) is 0 Å². The lowest BCUT2D eigenvalue weighted by Crippen LogP contribution is -2.33. The average Bonchev–Trinajstić information content (AvgIpc) is 3.09. The molecule has 3 rings (SSSR count). The van der Waals surface area contributed by atoms with Gasteiger partial charge in [0, 0.05) is 13.1 Å². The Balaban J connectivity index is 1.94. The number of para-hydroxylation sites is 1. The van der Waals surface area contributed by atoms with E-state index >= 15 is 0 Å². The van der Waals surface area contributed by atoms with Crippen molar-refractivity contribution in [2.24, 2.45) is 0 Å². The molecule has 3 aromatic rings. The van der Waals surface area contributed by atoms with E-state index in [0.29, 0.717) is 13.1 Å². The molecule has 2 aromatic carbocycles. The van der Waals surface area contributed by atoms with Gasteiger partial charge < -0.3 is 9.84 Å². The molecular weight excluding hydrogens is 398 g/mol. The second-order valence-electron chi connectivity index (χ2n) is 8.56. The van der Waals surface area contributed by atoms with Crippen molar-refractivity contribution in [3.05, 3.63) is 71.4 Å². The van der Waals surface area contributed by atoms with E-state index in [-0.39, 0.29) is 6.10 Å². The van der Waals surface area contributed by atoms with Crippen LogP contribution in [-0.4, -0.2) is 39.0 Å². The number of hydrogen-bond donors (Lipinski definition) is 1. The molecule has 0 spiro atoms. The normalized spacial score (nSPS) is 12.3. The Kier molecular flexibility index (Phi) is 8.89. The Bertz CT molecular complexity index is 951. The van der Waals surface area contributed by atoms with Gasteiger partial charge in [-0.1, -0.05) is 62.6 Å². The van der Waals surface area contributed by atoms with Crippen LogP contribution in [0.1, 0.15) is 56.4 Å². The van der Waals surface area contributed by atoms with E-state index in [1.54, 1.807) is 0 Å². The van der Waals surface area contributed by atoms with Crippen molar-refractivity contribution in [2.75, 3.05) is 13.1 Å². The highest BCUT2D eigenvalue weighted by Crippen LogP contribution is 2.32. The Morgan fingerprint density at radius 2 is 1.72 bits per heavy atom. The topological polar surface area (TPSA) is 50.5 Å². The number of unbranched alkanes of at least 4 members (excludes halogenated alkanes) is 1. The van der Waals surface area contributed by atoms with Crippen molar-refractivity contribution in [1.82, 2.24) is 14.7 Å². The van der Waals surface area contributed by atoms with Gasteiger partial charge >= 0.3 is 0 Å². The summed E-state index contributed by atoms with van der Waals surface area (Å²) in [6.07, 6.45) is 3.70. The Hall–Kier alpha value is -2.63. The van der Waals surface area contributed by atoms with Crippen molar-refractivity contribution in [3.63, 3.8) is 0 Å². The Morgan fingerprint density at radius 3 is 2.38 bits per heavy atom. The minimum absolute atomic E-state index is 0.313. The van der Waals surface area contributed by atoms with Crippen LogP contribution in [0.25, 0.3) is 5.69 Å². The number of ether oxygens (including phenoxy) is 1. The third-order valence-electron chi connectivity index (χ3n) is 5.65. The molecule has 172 valence electrons. The second-order valence-corrected chi connectivity index (χ2v) is 8.56. The zero-order valence-electron chi connectivity index (χ0n) is 19.9. The summed E-state index contributed by atoms with van der Waals surface area (Å²) in [5.74, 6) is 1.53. The van der Waals surface area contributed by atoms with Crippen LogP contribution in [-0.2, 0) is 6.54 Å². The number of aliphatic hydroxyl groups excluding tert-OH is 1. The molecule has 0 radical (unpaired) electrons. The average molecular weight is 436 g/mol. The van der Waals surface area contributed by atoms with Crippen LogP contribution >= 0.6 is 0 Å². The largest absolute Gasteiger partial charge is 0.439 e. The molecule has 0 aliphatic rings. The number of benzene rings is 2. The molecule has 0 bridgehead atoms. The van der Waals surface area contributed by atoms with Gasteiger partial charge in [-0.05, 0) is 57.5 Å². The highest BCUT2D eigenvalue weighted by atomic mass is 16.5. The number of aryl methyl sites for hydroxylation is 2. The van der Waals surface area contributed by atoms with Crippen LogP contribution in [0, 0.1) is 13.8 Å². The van der Waals surface area contributed by atoms with Gasteiger partial charge in [0.25, 0.3) is 0 Å². The zero-order valence-corrected chi connectivity index (χ0v) is 19.9. The molecule has 0 aliphatic heterocycles. The van der Waals surface area contributed by atoms with Crippen molar-refractivity contribution in [3.8, 4) is 17.3 Å². The highest BCUT2D eigenvalue weighted by Gasteiger charge is 2.22. The lowest BCUT2D eigenvalue weighted by molar-refractivity contribution is 0.0991. The molecule has 5 heteroatoms. The molecule has 32 heavy (non-hydrogen) atoms. The van der Waals surface area contributed by atoms with E-state index in [0.717, 1.165) is 60.8 Å². The SMILES string of the molecule is CCCC[C@H](O)CN(CCC)Cc1c(C)nn(-c2ccccc2)c1Oc1ccc(C)cc1. The molecule has 1 aromatic heterocycles. The lowest BCUT2D eigenvalue weighted by atomic mass is 10.1. The molecule has 1 atom stereocenters. The van der Waals surface area contributed by atoms with Gasteiger partial charge in [0.1, 0.15) is 5.75 Å². The summed E-state index contributed by atoms with van der Waals surface area (Å²) in [7, 11) is 0. The van der Waals surface area contributed by atoms with Gasteiger partial charge in [-0.15, -0.1) is 0 Å². The number of rotatable bonds is 12. The quantitative estimate of drug-likeness (QED) is 0.376. The van der Waals surface area contributed by atoms with Crippen molar-refractivity contribution in [2.45, 2.75) is 66.0 Å². The molecular formula is C27H37N3O2. The van der Waals surface area contributed by atoms with E-state index in [9.17, 15) is 5.11 Å². The second kappa shape index (κ2) is 11.8. The Labute approximate surface area is 192 Å². The molecule has 0 saturated heterocycles. The first kappa shape index (κ1) is 24.0. The summed E-state index contributed by atoms with van der Waals surface area (Å²) < 4.78 is 8.32. The number of hydrogen-bond acceptors (Lipinski definition) is 4. The molecule has 5 nitrogen and oxygen atoms in total. The minimum atomic E-state index is -0.313. The van der Waals surface area contributed by atoms with Crippen LogP contribution in [0.15, 0.2) is 54.6 Å². The standard InChI is InChI=1S/C27H37N3O2/c1-5-7-13-24(31)19-29(18-6-2)20-26-22(4)28-30(23-11-9-8-10-12-23)27(26)32-25-16-14-21(3)15-17-25/h8-12,14-17,24,31H,5-7,13,18-20H2,1-4H3/t24-/m0/s1. The summed E-state index contributed by atoms with van der Waals surface area (Å²) in [6, 6.07) is 18.2. The van der Waals surface area contributed by atoms with Gasteiger partial charge in [0.15, 0.2) is 0 Å². The first-order chi connectivity index (χ1) is 15.5. The molecule has 0 amide bonds.